The number of benzene rings is 2. The number of ether oxygens (including phenoxy) is 7. The second-order valence-corrected chi connectivity index (χ2v) is 7.93. The van der Waals surface area contributed by atoms with E-state index >= 15 is 0 Å². The normalized spacial score (nSPS) is 30.3. The summed E-state index contributed by atoms with van der Waals surface area (Å²) in [4.78, 5) is 11.9. The van der Waals surface area contributed by atoms with Gasteiger partial charge in [-0.2, -0.15) is 0 Å². The van der Waals surface area contributed by atoms with Crippen molar-refractivity contribution in [3.05, 3.63) is 48.0 Å². The number of nitrogens with one attached hydrogen (secondary N) is 1. The summed E-state index contributed by atoms with van der Waals surface area (Å²) >= 11 is 0. The van der Waals surface area contributed by atoms with E-state index in [1.807, 2.05) is 12.1 Å². The molecule has 6 unspecified atom stereocenters. The molecular formula is C23H25NO9. The smallest absolute Gasteiger partial charge is 0.231 e. The second kappa shape index (κ2) is 9.06. The average molecular weight is 459 g/mol. The molecule has 10 nitrogen and oxygen atoms in total. The highest BCUT2D eigenvalue weighted by molar-refractivity contribution is 5.73. The average Bonchev–Trinajstić information content (AvgIpc) is 3.29. The fourth-order valence-electron chi connectivity index (χ4n) is 4.10. The summed E-state index contributed by atoms with van der Waals surface area (Å²) in [7, 11) is 1.59. The second-order valence-electron chi connectivity index (χ2n) is 7.93. The molecule has 2 aromatic rings. The molecule has 0 bridgehead atoms. The van der Waals surface area contributed by atoms with Gasteiger partial charge in [0.15, 0.2) is 17.8 Å². The summed E-state index contributed by atoms with van der Waals surface area (Å²) in [6, 6.07) is 11.5. The topological polar surface area (TPSA) is 114 Å². The van der Waals surface area contributed by atoms with E-state index in [2.05, 4.69) is 5.32 Å². The van der Waals surface area contributed by atoms with Crippen molar-refractivity contribution in [2.45, 2.75) is 43.9 Å². The first-order chi connectivity index (χ1) is 16.0. The molecule has 1 amide bonds. The lowest BCUT2D eigenvalue weighted by molar-refractivity contribution is -0.333. The molecule has 2 fully saturated rings. The molecule has 2 saturated heterocycles. The molecule has 5 rings (SSSR count). The van der Waals surface area contributed by atoms with E-state index in [1.54, 1.807) is 37.4 Å². The molecular weight excluding hydrogens is 434 g/mol. The minimum absolute atomic E-state index is 0.139. The molecule has 10 heteroatoms. The Kier molecular flexibility index (Phi) is 5.98. The fourth-order valence-corrected chi connectivity index (χ4v) is 4.10. The highest BCUT2D eigenvalue weighted by Crippen LogP contribution is 2.38. The Balaban J connectivity index is 1.33. The van der Waals surface area contributed by atoms with E-state index in [1.165, 1.54) is 6.92 Å². The van der Waals surface area contributed by atoms with E-state index < -0.39 is 36.9 Å². The van der Waals surface area contributed by atoms with E-state index in [0.29, 0.717) is 23.0 Å². The van der Waals surface area contributed by atoms with Crippen molar-refractivity contribution in [3.63, 3.8) is 0 Å². The van der Waals surface area contributed by atoms with Crippen LogP contribution in [-0.2, 0) is 19.0 Å². The van der Waals surface area contributed by atoms with Crippen LogP contribution in [0.3, 0.4) is 0 Å². The van der Waals surface area contributed by atoms with Crippen LogP contribution < -0.4 is 24.3 Å². The highest BCUT2D eigenvalue weighted by Gasteiger charge is 2.50. The maximum Gasteiger partial charge on any atom is 0.231 e. The van der Waals surface area contributed by atoms with Gasteiger partial charge in [-0.3, -0.25) is 4.79 Å². The number of methoxy groups -OCH3 is 1. The largest absolute Gasteiger partial charge is 0.497 e. The number of aliphatic hydroxyl groups excluding tert-OH is 1. The van der Waals surface area contributed by atoms with E-state index in [4.69, 9.17) is 33.2 Å². The van der Waals surface area contributed by atoms with Gasteiger partial charge in [-0.05, 0) is 24.3 Å². The minimum Gasteiger partial charge on any atom is -0.497 e. The first-order valence-corrected chi connectivity index (χ1v) is 10.6. The molecule has 0 saturated carbocycles. The van der Waals surface area contributed by atoms with Crippen molar-refractivity contribution in [2.24, 2.45) is 0 Å². The molecule has 0 aliphatic carbocycles. The lowest BCUT2D eigenvalue weighted by Gasteiger charge is -2.47. The SMILES string of the molecule is COc1ccc(C2OCC3OC(Oc4ccc5c(c4)OCO5)C(NC(C)=O)C(O)C3O2)cc1. The van der Waals surface area contributed by atoms with Gasteiger partial charge < -0.3 is 43.6 Å². The monoisotopic (exact) mass is 459 g/mol. The number of carbonyl (C=O) groups is 1. The van der Waals surface area contributed by atoms with Gasteiger partial charge in [-0.25, -0.2) is 0 Å². The molecule has 6 atom stereocenters. The van der Waals surface area contributed by atoms with Gasteiger partial charge in [0, 0.05) is 18.6 Å². The van der Waals surface area contributed by atoms with Crippen molar-refractivity contribution < 1.29 is 43.1 Å². The van der Waals surface area contributed by atoms with Gasteiger partial charge in [0.25, 0.3) is 0 Å². The van der Waals surface area contributed by atoms with Crippen LogP contribution in [-0.4, -0.2) is 62.2 Å². The number of hydrogen-bond donors (Lipinski definition) is 2. The molecule has 3 aliphatic rings. The molecule has 0 spiro atoms. The predicted octanol–water partition coefficient (Wildman–Crippen LogP) is 1.51. The standard InChI is InChI=1S/C23H25NO9/c1-12(25)24-19-20(26)21-18(10-28-22(33-21)13-3-5-14(27-2)6-4-13)32-23(19)31-15-7-8-16-17(9-15)30-11-29-16/h3-9,18-23,26H,10-11H2,1-2H3,(H,24,25). The van der Waals surface area contributed by atoms with Gasteiger partial charge >= 0.3 is 0 Å². The lowest BCUT2D eigenvalue weighted by Crippen LogP contribution is -2.67. The van der Waals surface area contributed by atoms with Crippen LogP contribution >= 0.6 is 0 Å². The highest BCUT2D eigenvalue weighted by atomic mass is 16.7. The van der Waals surface area contributed by atoms with Gasteiger partial charge in [0.05, 0.1) is 13.7 Å². The van der Waals surface area contributed by atoms with Gasteiger partial charge in [-0.15, -0.1) is 0 Å². The molecule has 176 valence electrons. The summed E-state index contributed by atoms with van der Waals surface area (Å²) in [6.45, 7) is 1.67. The van der Waals surface area contributed by atoms with Crippen LogP contribution in [0.25, 0.3) is 0 Å². The van der Waals surface area contributed by atoms with Crippen LogP contribution in [0, 0.1) is 0 Å². The Bertz CT molecular complexity index is 998. The first-order valence-electron chi connectivity index (χ1n) is 10.6. The zero-order valence-corrected chi connectivity index (χ0v) is 18.1. The summed E-state index contributed by atoms with van der Waals surface area (Å²) in [5.41, 5.74) is 0.774. The zero-order valence-electron chi connectivity index (χ0n) is 18.1. The Labute approximate surface area is 190 Å². The van der Waals surface area contributed by atoms with Gasteiger partial charge in [0.2, 0.25) is 19.0 Å². The summed E-state index contributed by atoms with van der Waals surface area (Å²) in [5.74, 6) is 1.98. The molecule has 0 radical (unpaired) electrons. The van der Waals surface area contributed by atoms with Crippen molar-refractivity contribution in [3.8, 4) is 23.0 Å². The Hall–Kier alpha value is -3.05. The molecule has 33 heavy (non-hydrogen) atoms. The van der Waals surface area contributed by atoms with Gasteiger partial charge in [-0.1, -0.05) is 12.1 Å². The molecule has 0 aromatic heterocycles. The molecule has 2 N–H and O–H groups in total. The van der Waals surface area contributed by atoms with Crippen molar-refractivity contribution >= 4 is 5.91 Å². The molecule has 3 heterocycles. The Morgan fingerprint density at radius 2 is 1.82 bits per heavy atom. The summed E-state index contributed by atoms with van der Waals surface area (Å²) in [6.07, 6.45) is -4.11. The van der Waals surface area contributed by atoms with E-state index in [-0.39, 0.29) is 19.3 Å². The number of aliphatic hydroxyl groups is 1. The molecule has 3 aliphatic heterocycles. The number of hydrogen-bond acceptors (Lipinski definition) is 9. The van der Waals surface area contributed by atoms with Crippen molar-refractivity contribution in [1.82, 2.24) is 5.32 Å². The Morgan fingerprint density at radius 1 is 1.06 bits per heavy atom. The van der Waals surface area contributed by atoms with Crippen molar-refractivity contribution in [1.29, 1.82) is 0 Å². The third kappa shape index (κ3) is 4.42. The number of rotatable bonds is 5. The van der Waals surface area contributed by atoms with Crippen LogP contribution in [0.5, 0.6) is 23.0 Å². The quantitative estimate of drug-likeness (QED) is 0.687. The number of amides is 1. The van der Waals surface area contributed by atoms with E-state index in [9.17, 15) is 9.90 Å². The van der Waals surface area contributed by atoms with Crippen LogP contribution in [0.1, 0.15) is 18.8 Å². The number of carbonyl (C=O) groups excluding carboxylic acids is 1. The number of fused-ring (bicyclic) bond motifs is 2. The lowest BCUT2D eigenvalue weighted by atomic mass is 9.95. The molecule has 2 aromatic carbocycles. The van der Waals surface area contributed by atoms with Crippen LogP contribution in [0.4, 0.5) is 0 Å². The van der Waals surface area contributed by atoms with Crippen LogP contribution in [0.2, 0.25) is 0 Å². The summed E-state index contributed by atoms with van der Waals surface area (Å²) < 4.78 is 39.9. The zero-order chi connectivity index (χ0) is 22.9. The minimum atomic E-state index is -1.10. The summed E-state index contributed by atoms with van der Waals surface area (Å²) in [5, 5.41) is 13.9. The maximum absolute atomic E-state index is 11.9. The third-order valence-corrected chi connectivity index (χ3v) is 5.72. The van der Waals surface area contributed by atoms with Crippen LogP contribution in [0.15, 0.2) is 42.5 Å². The third-order valence-electron chi connectivity index (χ3n) is 5.72. The maximum atomic E-state index is 11.9. The predicted molar refractivity (Wildman–Crippen MR) is 112 cm³/mol. The Morgan fingerprint density at radius 3 is 2.58 bits per heavy atom. The van der Waals surface area contributed by atoms with Crippen molar-refractivity contribution in [2.75, 3.05) is 20.5 Å². The van der Waals surface area contributed by atoms with E-state index in [0.717, 1.165) is 5.56 Å². The first kappa shape index (κ1) is 21.8. The fraction of sp³-hybridized carbons (Fsp3) is 0.435. The van der Waals surface area contributed by atoms with Gasteiger partial charge in [0.1, 0.15) is 35.9 Å².